The molecular formula is C11H9N2O3-. The SMILES string of the molecule is Cc1ccccc1-n1c([O-])cc(=O)[nH]c1=O. The third-order valence-corrected chi connectivity index (χ3v) is 2.26. The molecule has 0 unspecified atom stereocenters. The number of H-pyrrole nitrogens is 1. The van der Waals surface area contributed by atoms with Crippen molar-refractivity contribution in [3.63, 3.8) is 0 Å². The monoisotopic (exact) mass is 217 g/mol. The van der Waals surface area contributed by atoms with Crippen LogP contribution in [0, 0.1) is 6.92 Å². The predicted octanol–water partition coefficient (Wildman–Crippen LogP) is -0.0922. The second-order valence-electron chi connectivity index (χ2n) is 3.40. The minimum absolute atomic E-state index is 0.480. The molecule has 16 heavy (non-hydrogen) atoms. The quantitative estimate of drug-likeness (QED) is 0.725. The lowest BCUT2D eigenvalue weighted by molar-refractivity contribution is -0.278. The highest BCUT2D eigenvalue weighted by Crippen LogP contribution is 2.13. The van der Waals surface area contributed by atoms with Crippen LogP contribution in [0.5, 0.6) is 5.88 Å². The Labute approximate surface area is 90.6 Å². The van der Waals surface area contributed by atoms with Crippen LogP contribution in [0.1, 0.15) is 5.56 Å². The smallest absolute Gasteiger partial charge is 0.332 e. The van der Waals surface area contributed by atoms with Crippen LogP contribution in [0.3, 0.4) is 0 Å². The maximum atomic E-state index is 11.6. The fourth-order valence-corrected chi connectivity index (χ4v) is 1.52. The molecule has 0 aliphatic carbocycles. The molecule has 1 aromatic carbocycles. The van der Waals surface area contributed by atoms with E-state index in [-0.39, 0.29) is 0 Å². The van der Waals surface area contributed by atoms with Crippen molar-refractivity contribution >= 4 is 0 Å². The number of nitrogens with zero attached hydrogens (tertiary/aromatic N) is 1. The standard InChI is InChI=1S/C11H10N2O3/c1-7-4-2-3-5-8(7)13-10(15)6-9(14)12-11(13)16/h2-6,15H,1H3,(H,12,14,16)/p-1. The van der Waals surface area contributed by atoms with Gasteiger partial charge in [0, 0.05) is 6.07 Å². The Morgan fingerprint density at radius 3 is 2.56 bits per heavy atom. The molecule has 0 bridgehead atoms. The van der Waals surface area contributed by atoms with E-state index in [1.807, 2.05) is 0 Å². The highest BCUT2D eigenvalue weighted by Gasteiger charge is 2.03. The molecule has 0 radical (unpaired) electrons. The highest BCUT2D eigenvalue weighted by atomic mass is 16.3. The summed E-state index contributed by atoms with van der Waals surface area (Å²) >= 11 is 0. The van der Waals surface area contributed by atoms with Gasteiger partial charge in [-0.15, -0.1) is 0 Å². The molecule has 0 saturated heterocycles. The van der Waals surface area contributed by atoms with Gasteiger partial charge < -0.3 is 5.11 Å². The molecule has 0 aliphatic rings. The number of rotatable bonds is 1. The number of hydrogen-bond acceptors (Lipinski definition) is 3. The van der Waals surface area contributed by atoms with Crippen molar-refractivity contribution in [2.45, 2.75) is 6.92 Å². The van der Waals surface area contributed by atoms with E-state index in [9.17, 15) is 14.7 Å². The average molecular weight is 217 g/mol. The number of benzene rings is 1. The summed E-state index contributed by atoms with van der Waals surface area (Å²) in [6.45, 7) is 1.78. The van der Waals surface area contributed by atoms with Crippen LogP contribution in [0.15, 0.2) is 39.9 Å². The molecule has 1 N–H and O–H groups in total. The van der Waals surface area contributed by atoms with E-state index in [1.54, 1.807) is 31.2 Å². The van der Waals surface area contributed by atoms with Crippen molar-refractivity contribution in [3.8, 4) is 11.6 Å². The van der Waals surface area contributed by atoms with Crippen molar-refractivity contribution in [1.82, 2.24) is 9.55 Å². The van der Waals surface area contributed by atoms with Gasteiger partial charge in [-0.2, -0.15) is 0 Å². The van der Waals surface area contributed by atoms with Crippen molar-refractivity contribution < 1.29 is 5.11 Å². The molecule has 5 nitrogen and oxygen atoms in total. The van der Waals surface area contributed by atoms with Gasteiger partial charge in [0.15, 0.2) is 0 Å². The van der Waals surface area contributed by atoms with Gasteiger partial charge >= 0.3 is 5.69 Å². The highest BCUT2D eigenvalue weighted by molar-refractivity contribution is 5.41. The third kappa shape index (κ3) is 1.63. The molecule has 0 fully saturated rings. The van der Waals surface area contributed by atoms with Gasteiger partial charge in [-0.05, 0) is 24.4 Å². The lowest BCUT2D eigenvalue weighted by Gasteiger charge is -2.16. The van der Waals surface area contributed by atoms with E-state index < -0.39 is 17.1 Å². The Kier molecular flexibility index (Phi) is 2.36. The number of aryl methyl sites for hydroxylation is 1. The van der Waals surface area contributed by atoms with Gasteiger partial charge in [0.1, 0.15) is 0 Å². The fraction of sp³-hybridized carbons (Fsp3) is 0.0909. The Hall–Kier alpha value is -2.30. The Morgan fingerprint density at radius 2 is 1.94 bits per heavy atom. The summed E-state index contributed by atoms with van der Waals surface area (Å²) in [5.41, 5.74) is -0.130. The summed E-state index contributed by atoms with van der Waals surface area (Å²) < 4.78 is 0.941. The first-order valence-electron chi connectivity index (χ1n) is 4.69. The van der Waals surface area contributed by atoms with Gasteiger partial charge in [0.2, 0.25) is 0 Å². The van der Waals surface area contributed by atoms with Crippen molar-refractivity contribution in [1.29, 1.82) is 0 Å². The predicted molar refractivity (Wildman–Crippen MR) is 56.8 cm³/mol. The van der Waals surface area contributed by atoms with E-state index in [0.717, 1.165) is 16.2 Å². The van der Waals surface area contributed by atoms with Crippen LogP contribution in [-0.2, 0) is 0 Å². The first kappa shape index (κ1) is 10.2. The maximum Gasteiger partial charge on any atom is 0.332 e. The zero-order valence-corrected chi connectivity index (χ0v) is 8.56. The summed E-state index contributed by atoms with van der Waals surface area (Å²) in [6, 6.07) is 7.82. The molecule has 2 rings (SSSR count). The summed E-state index contributed by atoms with van der Waals surface area (Å²) in [4.78, 5) is 24.5. The molecule has 2 aromatic rings. The number of para-hydroxylation sites is 1. The Balaban J connectivity index is 2.80. The zero-order valence-electron chi connectivity index (χ0n) is 8.56. The summed E-state index contributed by atoms with van der Waals surface area (Å²) in [6.07, 6.45) is 0. The minimum Gasteiger partial charge on any atom is -0.859 e. The molecular weight excluding hydrogens is 208 g/mol. The van der Waals surface area contributed by atoms with Gasteiger partial charge in [-0.3, -0.25) is 14.3 Å². The van der Waals surface area contributed by atoms with E-state index in [4.69, 9.17) is 0 Å². The normalized spacial score (nSPS) is 10.3. The molecule has 0 aliphatic heterocycles. The molecule has 1 heterocycles. The minimum atomic E-state index is -0.716. The lowest BCUT2D eigenvalue weighted by Crippen LogP contribution is -2.30. The molecule has 1 aromatic heterocycles. The molecule has 0 spiro atoms. The van der Waals surface area contributed by atoms with Gasteiger partial charge in [-0.25, -0.2) is 4.79 Å². The van der Waals surface area contributed by atoms with Crippen molar-refractivity contribution in [2.75, 3.05) is 0 Å². The maximum absolute atomic E-state index is 11.6. The van der Waals surface area contributed by atoms with Crippen molar-refractivity contribution in [2.24, 2.45) is 0 Å². The second-order valence-corrected chi connectivity index (χ2v) is 3.40. The third-order valence-electron chi connectivity index (χ3n) is 2.26. The van der Waals surface area contributed by atoms with E-state index in [0.29, 0.717) is 5.69 Å². The van der Waals surface area contributed by atoms with E-state index in [1.165, 1.54) is 0 Å². The van der Waals surface area contributed by atoms with Crippen LogP contribution < -0.4 is 16.4 Å². The Morgan fingerprint density at radius 1 is 1.25 bits per heavy atom. The van der Waals surface area contributed by atoms with Gasteiger partial charge in [0.25, 0.3) is 5.56 Å². The molecule has 0 amide bonds. The first-order chi connectivity index (χ1) is 7.59. The summed E-state index contributed by atoms with van der Waals surface area (Å²) in [5, 5.41) is 11.6. The molecule has 82 valence electrons. The summed E-state index contributed by atoms with van der Waals surface area (Å²) in [5.74, 6) is -0.622. The van der Waals surface area contributed by atoms with Crippen LogP contribution >= 0.6 is 0 Å². The lowest BCUT2D eigenvalue weighted by atomic mass is 10.2. The van der Waals surface area contributed by atoms with Crippen molar-refractivity contribution in [3.05, 3.63) is 56.7 Å². The number of hydrogen-bond donors (Lipinski definition) is 1. The van der Waals surface area contributed by atoms with Crippen LogP contribution in [0.2, 0.25) is 0 Å². The largest absolute Gasteiger partial charge is 0.859 e. The number of nitrogens with one attached hydrogen (secondary N) is 1. The molecule has 0 saturated carbocycles. The van der Waals surface area contributed by atoms with Crippen LogP contribution in [0.25, 0.3) is 5.69 Å². The first-order valence-corrected chi connectivity index (χ1v) is 4.69. The van der Waals surface area contributed by atoms with Gasteiger partial charge in [0.05, 0.1) is 5.69 Å². The van der Waals surface area contributed by atoms with E-state index >= 15 is 0 Å². The molecule has 0 atom stereocenters. The topological polar surface area (TPSA) is 77.9 Å². The molecule has 5 heteroatoms. The number of aromatic nitrogens is 2. The zero-order chi connectivity index (χ0) is 11.7. The van der Waals surface area contributed by atoms with Gasteiger partial charge in [-0.1, -0.05) is 18.2 Å². The van der Waals surface area contributed by atoms with E-state index in [2.05, 4.69) is 4.98 Å². The van der Waals surface area contributed by atoms with Crippen LogP contribution in [0.4, 0.5) is 0 Å². The summed E-state index contributed by atoms with van der Waals surface area (Å²) in [7, 11) is 0. The van der Waals surface area contributed by atoms with Crippen LogP contribution in [-0.4, -0.2) is 9.55 Å². The second kappa shape index (κ2) is 3.69. The Bertz CT molecular complexity index is 640. The number of aromatic amines is 1. The fourth-order valence-electron chi connectivity index (χ4n) is 1.52. The average Bonchev–Trinajstić information content (AvgIpc) is 2.19.